The molecule has 1 aromatic carbocycles. The number of benzene rings is 1. The summed E-state index contributed by atoms with van der Waals surface area (Å²) < 4.78 is 67.3. The molecule has 0 fully saturated rings. The molecule has 3 aromatic rings. The largest absolute Gasteiger partial charge is 0.416 e. The molecule has 2 heterocycles. The van der Waals surface area contributed by atoms with E-state index in [0.29, 0.717) is 6.07 Å². The molecule has 1 atom stereocenters. The highest BCUT2D eigenvalue weighted by Gasteiger charge is 2.32. The molecule has 5 nitrogen and oxygen atoms in total. The van der Waals surface area contributed by atoms with Crippen molar-refractivity contribution in [3.8, 4) is 0 Å². The first-order valence-corrected chi connectivity index (χ1v) is 9.08. The van der Waals surface area contributed by atoms with Crippen LogP contribution in [0.1, 0.15) is 55.9 Å². The molecule has 0 aliphatic heterocycles. The molecule has 10 heteroatoms. The zero-order valence-corrected chi connectivity index (χ0v) is 16.4. The van der Waals surface area contributed by atoms with Gasteiger partial charge in [0.15, 0.2) is 5.65 Å². The summed E-state index contributed by atoms with van der Waals surface area (Å²) >= 11 is 0. The van der Waals surface area contributed by atoms with Crippen molar-refractivity contribution >= 4 is 11.0 Å². The van der Waals surface area contributed by atoms with Crippen molar-refractivity contribution in [3.63, 3.8) is 0 Å². The van der Waals surface area contributed by atoms with Gasteiger partial charge in [0, 0.05) is 5.56 Å². The van der Waals surface area contributed by atoms with E-state index in [-0.39, 0.29) is 34.5 Å². The zero-order chi connectivity index (χ0) is 21.9. The molecular weight excluding hydrogens is 395 g/mol. The lowest BCUT2D eigenvalue weighted by Crippen LogP contribution is -2.16. The van der Waals surface area contributed by atoms with Gasteiger partial charge in [-0.3, -0.25) is 4.79 Å². The highest BCUT2D eigenvalue weighted by Crippen LogP contribution is 2.33. The monoisotopic (exact) mass is 416 g/mol. The average molecular weight is 416 g/mol. The molecule has 0 saturated heterocycles. The predicted octanol–water partition coefficient (Wildman–Crippen LogP) is 5.08. The maximum atomic E-state index is 14.4. The van der Waals surface area contributed by atoms with Crippen LogP contribution in [0.25, 0.3) is 11.0 Å². The van der Waals surface area contributed by atoms with Gasteiger partial charge in [-0.05, 0) is 25.5 Å². The van der Waals surface area contributed by atoms with Crippen LogP contribution in [0.5, 0.6) is 0 Å². The summed E-state index contributed by atoms with van der Waals surface area (Å²) in [6.45, 7) is 6.15. The van der Waals surface area contributed by atoms with Crippen LogP contribution in [0.15, 0.2) is 23.0 Å². The minimum absolute atomic E-state index is 0.0510. The maximum Gasteiger partial charge on any atom is 0.416 e. The number of halogens is 5. The van der Waals surface area contributed by atoms with Crippen LogP contribution in [-0.4, -0.2) is 19.7 Å². The van der Waals surface area contributed by atoms with Crippen molar-refractivity contribution in [1.29, 1.82) is 0 Å². The number of aromatic amines is 1. The molecule has 0 radical (unpaired) electrons. The zero-order valence-electron chi connectivity index (χ0n) is 16.4. The minimum atomic E-state index is -4.67. The fourth-order valence-corrected chi connectivity index (χ4v) is 3.03. The number of alkyl halides is 4. The number of fused-ring (bicyclic) bond motifs is 1. The molecule has 0 bridgehead atoms. The van der Waals surface area contributed by atoms with Crippen LogP contribution in [0.2, 0.25) is 0 Å². The van der Waals surface area contributed by atoms with Crippen molar-refractivity contribution in [3.05, 3.63) is 57.0 Å². The second kappa shape index (κ2) is 8.71. The summed E-state index contributed by atoms with van der Waals surface area (Å²) in [5, 5.41) is 3.98. The molecule has 1 unspecified atom stereocenters. The Morgan fingerprint density at radius 2 is 1.90 bits per heavy atom. The molecule has 0 aliphatic carbocycles. The van der Waals surface area contributed by atoms with Crippen LogP contribution in [0.3, 0.4) is 0 Å². The van der Waals surface area contributed by atoms with Crippen LogP contribution < -0.4 is 5.56 Å². The van der Waals surface area contributed by atoms with Crippen molar-refractivity contribution in [2.24, 2.45) is 0 Å². The first kappa shape index (κ1) is 22.5. The van der Waals surface area contributed by atoms with Gasteiger partial charge in [-0.1, -0.05) is 26.8 Å². The second-order valence-electron chi connectivity index (χ2n) is 6.03. The number of nitrogens with zero attached hydrogens (tertiary/aromatic N) is 3. The van der Waals surface area contributed by atoms with Gasteiger partial charge in [0.2, 0.25) is 0 Å². The predicted molar refractivity (Wildman–Crippen MR) is 98.9 cm³/mol. The normalized spacial score (nSPS) is 12.6. The van der Waals surface area contributed by atoms with E-state index in [0.717, 1.165) is 12.1 Å². The third kappa shape index (κ3) is 4.30. The van der Waals surface area contributed by atoms with E-state index in [1.54, 1.807) is 6.92 Å². The van der Waals surface area contributed by atoms with Crippen molar-refractivity contribution < 1.29 is 22.0 Å². The molecule has 0 spiro atoms. The van der Waals surface area contributed by atoms with Crippen LogP contribution >= 0.6 is 0 Å². The quantitative estimate of drug-likeness (QED) is 0.603. The Bertz CT molecular complexity index is 1060. The van der Waals surface area contributed by atoms with Crippen molar-refractivity contribution in [1.82, 2.24) is 19.7 Å². The summed E-state index contributed by atoms with van der Waals surface area (Å²) in [5.74, 6) is -0.814. The molecule has 0 aliphatic rings. The van der Waals surface area contributed by atoms with Gasteiger partial charge < -0.3 is 4.98 Å². The number of aryl methyl sites for hydroxylation is 1. The fourth-order valence-electron chi connectivity index (χ4n) is 3.03. The van der Waals surface area contributed by atoms with E-state index < -0.39 is 35.8 Å². The Hall–Kier alpha value is -2.78. The van der Waals surface area contributed by atoms with Gasteiger partial charge >= 0.3 is 6.18 Å². The first-order valence-electron chi connectivity index (χ1n) is 9.08. The smallest absolute Gasteiger partial charge is 0.310 e. The second-order valence-corrected chi connectivity index (χ2v) is 6.03. The lowest BCUT2D eigenvalue weighted by molar-refractivity contribution is -0.137. The van der Waals surface area contributed by atoms with Crippen LogP contribution in [0, 0.1) is 12.7 Å². The number of rotatable bonds is 4. The molecule has 2 aromatic heterocycles. The van der Waals surface area contributed by atoms with Crippen LogP contribution in [-0.2, 0) is 12.9 Å². The Morgan fingerprint density at radius 1 is 1.24 bits per heavy atom. The summed E-state index contributed by atoms with van der Waals surface area (Å²) in [7, 11) is 0. The van der Waals surface area contributed by atoms with Crippen molar-refractivity contribution in [2.75, 3.05) is 0 Å². The van der Waals surface area contributed by atoms with Gasteiger partial charge in [-0.2, -0.15) is 18.3 Å². The Morgan fingerprint density at radius 3 is 2.41 bits per heavy atom. The van der Waals surface area contributed by atoms with E-state index in [9.17, 15) is 26.7 Å². The first-order chi connectivity index (χ1) is 13.7. The van der Waals surface area contributed by atoms with E-state index in [1.807, 2.05) is 13.8 Å². The standard InChI is InChI=1S/C17H15F5N4O.C2H6/c1-3-13(10-5-4-9(6-11(10)19)17(20,21)22)26-15-14(12(7-18)25-26)16(27)24-8(2)23-15;1-2/h4-6,13H,3,7H2,1-2H3,(H,23,24,27);1-2H3. The third-order valence-corrected chi connectivity index (χ3v) is 4.25. The van der Waals surface area contributed by atoms with E-state index in [2.05, 4.69) is 15.1 Å². The maximum absolute atomic E-state index is 14.4. The number of hydrogen-bond acceptors (Lipinski definition) is 3. The average Bonchev–Trinajstić information content (AvgIpc) is 3.03. The summed E-state index contributed by atoms with van der Waals surface area (Å²) in [6, 6.07) is 1.35. The Balaban J connectivity index is 0.00000145. The van der Waals surface area contributed by atoms with Gasteiger partial charge in [0.05, 0.1) is 11.6 Å². The van der Waals surface area contributed by atoms with Crippen molar-refractivity contribution in [2.45, 2.75) is 53.0 Å². The topological polar surface area (TPSA) is 63.6 Å². The van der Waals surface area contributed by atoms with E-state index in [1.165, 1.54) is 11.6 Å². The van der Waals surface area contributed by atoms with Gasteiger partial charge in [-0.15, -0.1) is 0 Å². The fraction of sp³-hybridized carbons (Fsp3) is 0.421. The Kier molecular flexibility index (Phi) is 6.76. The molecule has 1 N–H and O–H groups in total. The summed E-state index contributed by atoms with van der Waals surface area (Å²) in [4.78, 5) is 18.8. The molecule has 158 valence electrons. The van der Waals surface area contributed by atoms with Gasteiger partial charge in [0.1, 0.15) is 29.4 Å². The Labute approximate surface area is 163 Å². The third-order valence-electron chi connectivity index (χ3n) is 4.25. The molecule has 29 heavy (non-hydrogen) atoms. The van der Waals surface area contributed by atoms with E-state index in [4.69, 9.17) is 0 Å². The highest BCUT2D eigenvalue weighted by atomic mass is 19.4. The number of hydrogen-bond donors (Lipinski definition) is 1. The summed E-state index contributed by atoms with van der Waals surface area (Å²) in [6.07, 6.45) is -4.44. The van der Waals surface area contributed by atoms with Gasteiger partial charge in [0.25, 0.3) is 5.56 Å². The highest BCUT2D eigenvalue weighted by molar-refractivity contribution is 5.77. The molecule has 3 rings (SSSR count). The number of aromatic nitrogens is 4. The summed E-state index contributed by atoms with van der Waals surface area (Å²) in [5.41, 5.74) is -1.86. The molecule has 0 amide bonds. The SMILES string of the molecule is CC.CCC(c1ccc(C(F)(F)F)cc1F)n1nc(CF)c2c(=O)[nH]c(C)nc21. The van der Waals surface area contributed by atoms with Gasteiger partial charge in [-0.25, -0.2) is 18.4 Å². The molecule has 0 saturated carbocycles. The molecular formula is C19H21F5N4O. The number of nitrogens with one attached hydrogen (secondary N) is 1. The van der Waals surface area contributed by atoms with E-state index >= 15 is 0 Å². The lowest BCUT2D eigenvalue weighted by Gasteiger charge is -2.18. The lowest BCUT2D eigenvalue weighted by atomic mass is 10.0. The number of H-pyrrole nitrogens is 1. The minimum Gasteiger partial charge on any atom is -0.310 e. The van der Waals surface area contributed by atoms with Crippen LogP contribution in [0.4, 0.5) is 22.0 Å².